The highest BCUT2D eigenvalue weighted by atomic mass is 16.4. The largest absolute Gasteiger partial charge is 0.508 e. The van der Waals surface area contributed by atoms with Crippen molar-refractivity contribution in [3.05, 3.63) is 45.2 Å². The third-order valence-corrected chi connectivity index (χ3v) is 8.35. The molecule has 11 nitrogen and oxygen atoms in total. The number of phenolic OH excluding ortho intramolecular Hbond substituents is 1. The van der Waals surface area contributed by atoms with Gasteiger partial charge in [0.2, 0.25) is 5.78 Å². The summed E-state index contributed by atoms with van der Waals surface area (Å²) >= 11 is 0. The Kier molecular flexibility index (Phi) is 6.54. The van der Waals surface area contributed by atoms with Gasteiger partial charge in [-0.3, -0.25) is 24.1 Å². The van der Waals surface area contributed by atoms with Gasteiger partial charge >= 0.3 is 0 Å². The molecule has 6 atom stereocenters. The first kappa shape index (κ1) is 27.5. The number of phenols is 1. The van der Waals surface area contributed by atoms with Gasteiger partial charge in [-0.05, 0) is 38.1 Å². The van der Waals surface area contributed by atoms with E-state index in [2.05, 4.69) is 0 Å². The molecule has 0 radical (unpaired) electrons. The molecule has 11 heteroatoms. The van der Waals surface area contributed by atoms with Crippen LogP contribution in [0.15, 0.2) is 23.0 Å². The highest BCUT2D eigenvalue weighted by Crippen LogP contribution is 2.56. The molecule has 0 heterocycles. The minimum absolute atomic E-state index is 0.109. The van der Waals surface area contributed by atoms with Crippen molar-refractivity contribution in [2.24, 2.45) is 17.6 Å². The van der Waals surface area contributed by atoms with E-state index in [1.807, 2.05) is 0 Å². The van der Waals surface area contributed by atoms with Crippen LogP contribution in [0.3, 0.4) is 0 Å². The van der Waals surface area contributed by atoms with E-state index in [0.29, 0.717) is 11.1 Å². The topological polar surface area (TPSA) is 199 Å². The normalized spacial score (nSPS) is 30.8. The average Bonchev–Trinajstić information content (AvgIpc) is 2.83. The summed E-state index contributed by atoms with van der Waals surface area (Å²) in [4.78, 5) is 52.7. The van der Waals surface area contributed by atoms with Gasteiger partial charge in [0.15, 0.2) is 11.4 Å². The van der Waals surface area contributed by atoms with Gasteiger partial charge in [-0.25, -0.2) is 0 Å². The number of likely N-dealkylation sites (N-methyl/N-ethyl adjacent to an activating group) is 1. The van der Waals surface area contributed by atoms with Gasteiger partial charge in [0.1, 0.15) is 28.6 Å². The lowest BCUT2D eigenvalue weighted by atomic mass is 9.54. The molecule has 0 aliphatic heterocycles. The standard InChI is InChI=1S/C27H32N2O9/c1-6-11(30)8-12-9(2)7-13-10(3)14-16(21(32)15(13)20(12)31)24(35)27(38)18(22(14)33)19(29(4)5)23(34)17(25(27)36)26(28)37/h7,10,14,18-19,22,31-33,36,38H,6,8H2,1-5H3,(H2,28,37)/t10-,14+,18+,19-,22-,27-/m1/s1. The molecule has 3 aliphatic rings. The average molecular weight is 529 g/mol. The van der Waals surface area contributed by atoms with Crippen LogP contribution in [0.5, 0.6) is 5.75 Å². The summed E-state index contributed by atoms with van der Waals surface area (Å²) in [5.74, 6) is -9.59. The molecule has 0 aromatic heterocycles. The summed E-state index contributed by atoms with van der Waals surface area (Å²) < 4.78 is 0. The number of nitrogens with zero attached hydrogens (tertiary/aromatic N) is 1. The number of aliphatic hydroxyl groups excluding tert-OH is 3. The number of rotatable bonds is 5. The molecule has 0 spiro atoms. The van der Waals surface area contributed by atoms with Crippen LogP contribution in [0.2, 0.25) is 0 Å². The van der Waals surface area contributed by atoms with Gasteiger partial charge in [-0.15, -0.1) is 0 Å². The minimum atomic E-state index is -2.97. The van der Waals surface area contributed by atoms with Crippen molar-refractivity contribution in [2.45, 2.75) is 57.3 Å². The van der Waals surface area contributed by atoms with Crippen LogP contribution in [0.4, 0.5) is 0 Å². The molecule has 0 saturated heterocycles. The lowest BCUT2D eigenvalue weighted by Gasteiger charge is -2.53. The molecular formula is C27H32N2O9. The molecule has 4 rings (SSSR count). The molecule has 0 bridgehead atoms. The second-order valence-corrected chi connectivity index (χ2v) is 10.6. The Morgan fingerprint density at radius 2 is 1.76 bits per heavy atom. The van der Waals surface area contributed by atoms with Crippen LogP contribution < -0.4 is 5.73 Å². The molecule has 1 aromatic rings. The quantitative estimate of drug-likeness (QED) is 0.289. The van der Waals surface area contributed by atoms with E-state index in [9.17, 15) is 44.7 Å². The smallest absolute Gasteiger partial charge is 0.255 e. The lowest BCUT2D eigenvalue weighted by molar-refractivity contribution is -0.169. The third kappa shape index (κ3) is 3.45. The number of aliphatic hydroxyl groups is 4. The van der Waals surface area contributed by atoms with Crippen LogP contribution in [0.1, 0.15) is 48.4 Å². The molecule has 1 fully saturated rings. The van der Waals surface area contributed by atoms with Crippen molar-refractivity contribution in [2.75, 3.05) is 14.1 Å². The molecule has 38 heavy (non-hydrogen) atoms. The number of hydrogen-bond acceptors (Lipinski definition) is 10. The number of hydrogen-bond donors (Lipinski definition) is 6. The summed E-state index contributed by atoms with van der Waals surface area (Å²) in [5, 5.41) is 56.8. The zero-order valence-electron chi connectivity index (χ0n) is 21.8. The van der Waals surface area contributed by atoms with Gasteiger partial charge < -0.3 is 31.3 Å². The highest BCUT2D eigenvalue weighted by molar-refractivity contribution is 6.24. The number of amides is 1. The Labute approximate surface area is 218 Å². The predicted molar refractivity (Wildman–Crippen MR) is 134 cm³/mol. The van der Waals surface area contributed by atoms with Gasteiger partial charge in [0, 0.05) is 29.9 Å². The van der Waals surface area contributed by atoms with Crippen LogP contribution in [-0.2, 0) is 25.6 Å². The van der Waals surface area contributed by atoms with E-state index in [0.717, 1.165) is 0 Å². The molecule has 3 aliphatic carbocycles. The summed E-state index contributed by atoms with van der Waals surface area (Å²) in [6, 6.07) is 0.258. The number of ketones is 3. The number of carbonyl (C=O) groups excluding carboxylic acids is 4. The fraction of sp³-hybridized carbons (Fsp3) is 0.481. The molecule has 1 amide bonds. The second-order valence-electron chi connectivity index (χ2n) is 10.6. The van der Waals surface area contributed by atoms with Crippen LogP contribution >= 0.6 is 0 Å². The van der Waals surface area contributed by atoms with Gasteiger partial charge in [0.05, 0.1) is 23.6 Å². The van der Waals surface area contributed by atoms with E-state index in [4.69, 9.17) is 5.73 Å². The van der Waals surface area contributed by atoms with Crippen molar-refractivity contribution in [1.82, 2.24) is 4.90 Å². The zero-order chi connectivity index (χ0) is 28.6. The van der Waals surface area contributed by atoms with E-state index >= 15 is 0 Å². The van der Waals surface area contributed by atoms with Crippen LogP contribution in [0, 0.1) is 18.8 Å². The van der Waals surface area contributed by atoms with E-state index in [1.54, 1.807) is 26.8 Å². The molecule has 1 aromatic carbocycles. The zero-order valence-corrected chi connectivity index (χ0v) is 21.8. The Hall–Kier alpha value is -3.54. The Morgan fingerprint density at radius 1 is 1.16 bits per heavy atom. The number of carbonyl (C=O) groups is 4. The number of aryl methyl sites for hydroxylation is 1. The van der Waals surface area contributed by atoms with Gasteiger partial charge in [-0.2, -0.15) is 0 Å². The maximum absolute atomic E-state index is 14.0. The Morgan fingerprint density at radius 3 is 2.29 bits per heavy atom. The van der Waals surface area contributed by atoms with E-state index in [-0.39, 0.29) is 29.8 Å². The summed E-state index contributed by atoms with van der Waals surface area (Å²) in [7, 11) is 2.90. The maximum Gasteiger partial charge on any atom is 0.255 e. The van der Waals surface area contributed by atoms with E-state index in [1.165, 1.54) is 19.0 Å². The fourth-order valence-electron chi connectivity index (χ4n) is 6.40. The number of Topliss-reactive ketones (excluding diaryl/α,β-unsaturated/α-hetero) is 3. The molecule has 204 valence electrons. The van der Waals surface area contributed by atoms with E-state index < -0.39 is 81.4 Å². The molecule has 7 N–H and O–H groups in total. The van der Waals surface area contributed by atoms with Crippen molar-refractivity contribution >= 4 is 29.0 Å². The van der Waals surface area contributed by atoms with Gasteiger partial charge in [-0.1, -0.05) is 19.9 Å². The van der Waals surface area contributed by atoms with Crippen LogP contribution in [0.25, 0.3) is 5.76 Å². The van der Waals surface area contributed by atoms with Crippen molar-refractivity contribution < 1.29 is 44.7 Å². The summed E-state index contributed by atoms with van der Waals surface area (Å²) in [6.45, 7) is 5.03. The van der Waals surface area contributed by atoms with Crippen molar-refractivity contribution in [1.29, 1.82) is 0 Å². The minimum Gasteiger partial charge on any atom is -0.508 e. The summed E-state index contributed by atoms with van der Waals surface area (Å²) in [5.41, 5.74) is 2.03. The third-order valence-electron chi connectivity index (χ3n) is 8.35. The maximum atomic E-state index is 14.0. The lowest BCUT2D eigenvalue weighted by Crippen LogP contribution is -2.70. The first-order valence-electron chi connectivity index (χ1n) is 12.3. The fourth-order valence-corrected chi connectivity index (χ4v) is 6.40. The monoisotopic (exact) mass is 528 g/mol. The number of fused-ring (bicyclic) bond motifs is 3. The first-order valence-corrected chi connectivity index (χ1v) is 12.3. The van der Waals surface area contributed by atoms with Crippen molar-refractivity contribution in [3.63, 3.8) is 0 Å². The number of primary amides is 1. The van der Waals surface area contributed by atoms with Crippen molar-refractivity contribution in [3.8, 4) is 5.75 Å². The second kappa shape index (κ2) is 9.04. The Balaban J connectivity index is 2.04. The number of aromatic hydroxyl groups is 1. The number of nitrogens with two attached hydrogens (primary N) is 1. The molecule has 0 unspecified atom stereocenters. The molecule has 1 saturated carbocycles. The number of benzene rings is 1. The highest BCUT2D eigenvalue weighted by Gasteiger charge is 2.68. The van der Waals surface area contributed by atoms with Gasteiger partial charge in [0.25, 0.3) is 5.91 Å². The molecular weight excluding hydrogens is 496 g/mol. The summed E-state index contributed by atoms with van der Waals surface area (Å²) in [6.07, 6.45) is -1.54. The SMILES string of the molecule is CCC(=O)Cc1c(C)cc2c(c1O)C(O)=C1C(=O)[C@@]3(O)C(O)=C(C(N)=O)C(=O)[C@H](N(C)C)[C@H]3[C@H](O)[C@H]1[C@@H]2C. The Bertz CT molecular complexity index is 1360. The first-order chi connectivity index (χ1) is 17.6. The van der Waals surface area contributed by atoms with Crippen LogP contribution in [-0.4, -0.2) is 85.5 Å². The predicted octanol–water partition coefficient (Wildman–Crippen LogP) is 0.326.